The number of fused-ring (bicyclic) bond motifs is 1. The van der Waals surface area contributed by atoms with Crippen molar-refractivity contribution in [2.75, 3.05) is 5.32 Å². The lowest BCUT2D eigenvalue weighted by Gasteiger charge is -2.38. The third-order valence-electron chi connectivity index (χ3n) is 7.24. The number of benzene rings is 2. The Morgan fingerprint density at radius 3 is 2.29 bits per heavy atom. The highest BCUT2D eigenvalue weighted by Gasteiger charge is 2.39. The van der Waals surface area contributed by atoms with Crippen LogP contribution in [0.25, 0.3) is 0 Å². The molecule has 182 valence electrons. The molecule has 1 aliphatic rings. The van der Waals surface area contributed by atoms with E-state index in [1.165, 1.54) is 11.1 Å². The maximum Gasteiger partial charge on any atom is 0.257 e. The summed E-state index contributed by atoms with van der Waals surface area (Å²) < 4.78 is 2.00. The second kappa shape index (κ2) is 9.83. The fraction of sp³-hybridized carbons (Fsp3) is 0.429. The third kappa shape index (κ3) is 4.58. The molecule has 4 rings (SSSR count). The maximum atomic E-state index is 13.8. The van der Waals surface area contributed by atoms with Crippen LogP contribution in [0.15, 0.2) is 54.6 Å². The maximum absolute atomic E-state index is 13.8. The molecule has 0 bridgehead atoms. The summed E-state index contributed by atoms with van der Waals surface area (Å²) in [7, 11) is 0. The lowest BCUT2D eigenvalue weighted by molar-refractivity contribution is 0.0889. The number of halogens is 1. The molecule has 6 heteroatoms. The Kier molecular flexibility index (Phi) is 7.47. The third-order valence-corrected chi connectivity index (χ3v) is 7.24. The molecule has 1 aliphatic heterocycles. The molecule has 3 aromatic rings. The summed E-state index contributed by atoms with van der Waals surface area (Å²) >= 11 is 0. The molecule has 0 aliphatic carbocycles. The summed E-state index contributed by atoms with van der Waals surface area (Å²) in [6.45, 7) is 12.7. The van der Waals surface area contributed by atoms with Crippen molar-refractivity contribution in [3.63, 3.8) is 0 Å². The molecule has 1 aromatic heterocycles. The lowest BCUT2D eigenvalue weighted by atomic mass is 9.84. The van der Waals surface area contributed by atoms with Gasteiger partial charge in [0.2, 0.25) is 0 Å². The summed E-state index contributed by atoms with van der Waals surface area (Å²) in [6.07, 6.45) is 2.52. The molecule has 0 fully saturated rings. The van der Waals surface area contributed by atoms with Crippen LogP contribution >= 0.6 is 12.4 Å². The smallest absolute Gasteiger partial charge is 0.257 e. The first-order chi connectivity index (χ1) is 15.7. The van der Waals surface area contributed by atoms with Gasteiger partial charge in [0, 0.05) is 0 Å². The first-order valence-electron chi connectivity index (χ1n) is 12.0. The van der Waals surface area contributed by atoms with Crippen LogP contribution < -0.4 is 10.6 Å². The Morgan fingerprint density at radius 2 is 1.71 bits per heavy atom. The molecular weight excluding hydrogens is 444 g/mol. The van der Waals surface area contributed by atoms with Gasteiger partial charge in [-0.3, -0.25) is 4.79 Å². The Hall–Kier alpha value is -2.79. The van der Waals surface area contributed by atoms with E-state index < -0.39 is 5.54 Å². The zero-order valence-corrected chi connectivity index (χ0v) is 21.9. The van der Waals surface area contributed by atoms with E-state index in [2.05, 4.69) is 93.8 Å². The van der Waals surface area contributed by atoms with Crippen LogP contribution in [-0.4, -0.2) is 15.7 Å². The van der Waals surface area contributed by atoms with Crippen molar-refractivity contribution in [3.05, 3.63) is 82.5 Å². The number of nitrogens with zero attached hydrogens (tertiary/aromatic N) is 2. The SMILES string of the molecule is CCC(CC)(NC(=O)c1c(C)nn2c1NC(c1ccccc1)CC2(C)C)c1ccc(C)cc1.Cl. The topological polar surface area (TPSA) is 59.0 Å². The zero-order chi connectivity index (χ0) is 23.8. The van der Waals surface area contributed by atoms with Crippen LogP contribution in [0, 0.1) is 13.8 Å². The van der Waals surface area contributed by atoms with Gasteiger partial charge in [0.1, 0.15) is 11.4 Å². The molecule has 1 unspecified atom stereocenters. The van der Waals surface area contributed by atoms with Gasteiger partial charge in [0.25, 0.3) is 5.91 Å². The minimum Gasteiger partial charge on any atom is -0.363 e. The highest BCUT2D eigenvalue weighted by molar-refractivity contribution is 6.00. The van der Waals surface area contributed by atoms with Gasteiger partial charge >= 0.3 is 0 Å². The number of amides is 1. The average molecular weight is 481 g/mol. The van der Waals surface area contributed by atoms with Crippen molar-refractivity contribution >= 4 is 24.1 Å². The van der Waals surface area contributed by atoms with E-state index in [0.717, 1.165) is 36.3 Å². The van der Waals surface area contributed by atoms with Gasteiger partial charge in [-0.25, -0.2) is 4.68 Å². The van der Waals surface area contributed by atoms with Gasteiger partial charge in [0.05, 0.1) is 22.8 Å². The minimum absolute atomic E-state index is 0. The van der Waals surface area contributed by atoms with Gasteiger partial charge in [-0.2, -0.15) is 5.10 Å². The summed E-state index contributed by atoms with van der Waals surface area (Å²) in [5.74, 6) is 0.732. The monoisotopic (exact) mass is 480 g/mol. The quantitative estimate of drug-likeness (QED) is 0.414. The van der Waals surface area contributed by atoms with E-state index in [-0.39, 0.29) is 29.9 Å². The zero-order valence-electron chi connectivity index (χ0n) is 21.1. The molecule has 34 heavy (non-hydrogen) atoms. The van der Waals surface area contributed by atoms with E-state index in [1.807, 2.05) is 17.7 Å². The Labute approximate surface area is 209 Å². The number of nitrogens with one attached hydrogen (secondary N) is 2. The molecule has 0 spiro atoms. The van der Waals surface area contributed by atoms with Crippen molar-refractivity contribution in [1.29, 1.82) is 0 Å². The number of hydrogen-bond donors (Lipinski definition) is 2. The van der Waals surface area contributed by atoms with Crippen LogP contribution in [0.5, 0.6) is 0 Å². The number of aromatic nitrogens is 2. The second-order valence-electron chi connectivity index (χ2n) is 9.95. The van der Waals surface area contributed by atoms with Gasteiger partial charge in [0.15, 0.2) is 0 Å². The Balaban J connectivity index is 0.00000324. The minimum atomic E-state index is -0.422. The van der Waals surface area contributed by atoms with Gasteiger partial charge in [-0.1, -0.05) is 74.0 Å². The summed E-state index contributed by atoms with van der Waals surface area (Å²) in [5.41, 5.74) is 4.33. The molecule has 0 saturated heterocycles. The van der Waals surface area contributed by atoms with Crippen molar-refractivity contribution in [2.24, 2.45) is 0 Å². The molecule has 1 atom stereocenters. The van der Waals surface area contributed by atoms with Crippen LogP contribution in [-0.2, 0) is 11.1 Å². The number of carbonyl (C=O) groups excluding carboxylic acids is 1. The fourth-order valence-corrected chi connectivity index (χ4v) is 5.12. The second-order valence-corrected chi connectivity index (χ2v) is 9.95. The van der Waals surface area contributed by atoms with Crippen molar-refractivity contribution in [3.8, 4) is 0 Å². The van der Waals surface area contributed by atoms with Crippen molar-refractivity contribution < 1.29 is 4.79 Å². The molecular formula is C28H37ClN4O. The number of hydrogen-bond acceptors (Lipinski definition) is 3. The molecule has 2 aromatic carbocycles. The predicted molar refractivity (Wildman–Crippen MR) is 142 cm³/mol. The first-order valence-corrected chi connectivity index (χ1v) is 12.0. The molecule has 2 N–H and O–H groups in total. The van der Waals surface area contributed by atoms with Crippen LogP contribution in [0.4, 0.5) is 5.82 Å². The number of rotatable bonds is 6. The number of anilines is 1. The molecule has 0 radical (unpaired) electrons. The fourth-order valence-electron chi connectivity index (χ4n) is 5.12. The van der Waals surface area contributed by atoms with Gasteiger partial charge in [-0.15, -0.1) is 12.4 Å². The van der Waals surface area contributed by atoms with Crippen LogP contribution in [0.1, 0.15) is 85.7 Å². The standard InChI is InChI=1S/C28H36N4O.ClH/c1-7-28(8-2,22-16-14-19(3)15-17-22)30-26(33)24-20(4)31-32-25(24)29-23(18-27(32,5)6)21-12-10-9-11-13-21;/h9-17,23,29H,7-8,18H2,1-6H3,(H,30,33);1H. The number of aryl methyl sites for hydroxylation is 2. The van der Waals surface area contributed by atoms with Crippen molar-refractivity contribution in [2.45, 2.75) is 77.9 Å². The van der Waals surface area contributed by atoms with E-state index in [1.54, 1.807) is 0 Å². The number of carbonyl (C=O) groups is 1. The molecule has 2 heterocycles. The predicted octanol–water partition coefficient (Wildman–Crippen LogP) is 6.66. The lowest BCUT2D eigenvalue weighted by Crippen LogP contribution is -2.45. The van der Waals surface area contributed by atoms with Gasteiger partial charge < -0.3 is 10.6 Å². The first kappa shape index (κ1) is 25.8. The van der Waals surface area contributed by atoms with E-state index in [4.69, 9.17) is 5.10 Å². The van der Waals surface area contributed by atoms with E-state index in [0.29, 0.717) is 5.56 Å². The Bertz CT molecular complexity index is 1130. The van der Waals surface area contributed by atoms with Crippen LogP contribution in [0.3, 0.4) is 0 Å². The van der Waals surface area contributed by atoms with E-state index >= 15 is 0 Å². The largest absolute Gasteiger partial charge is 0.363 e. The molecule has 0 saturated carbocycles. The summed E-state index contributed by atoms with van der Waals surface area (Å²) in [5, 5.41) is 11.9. The molecule has 5 nitrogen and oxygen atoms in total. The normalized spacial score (nSPS) is 16.7. The van der Waals surface area contributed by atoms with E-state index in [9.17, 15) is 4.79 Å². The van der Waals surface area contributed by atoms with Crippen LogP contribution in [0.2, 0.25) is 0 Å². The average Bonchev–Trinajstić information content (AvgIpc) is 3.15. The highest BCUT2D eigenvalue weighted by Crippen LogP contribution is 2.41. The summed E-state index contributed by atoms with van der Waals surface area (Å²) in [4.78, 5) is 13.8. The van der Waals surface area contributed by atoms with Gasteiger partial charge in [-0.05, 0) is 58.1 Å². The summed E-state index contributed by atoms with van der Waals surface area (Å²) in [6, 6.07) is 19.1. The highest BCUT2D eigenvalue weighted by atomic mass is 35.5. The Morgan fingerprint density at radius 1 is 1.09 bits per heavy atom. The molecule has 1 amide bonds. The van der Waals surface area contributed by atoms with Crippen molar-refractivity contribution in [1.82, 2.24) is 15.1 Å².